The number of hydrogen-bond donors (Lipinski definition) is 1. The summed E-state index contributed by atoms with van der Waals surface area (Å²) in [5.74, 6) is 0.0975. The highest BCUT2D eigenvalue weighted by atomic mass is 16.5. The van der Waals surface area contributed by atoms with E-state index in [-0.39, 0.29) is 18.1 Å². The number of carbonyl (C=O) groups is 1. The first kappa shape index (κ1) is 21.5. The van der Waals surface area contributed by atoms with E-state index >= 15 is 0 Å². The number of amides is 1. The summed E-state index contributed by atoms with van der Waals surface area (Å²) >= 11 is 0. The molecule has 1 aliphatic heterocycles. The zero-order chi connectivity index (χ0) is 22.9. The number of rotatable bonds is 7. The maximum absolute atomic E-state index is 13.5. The van der Waals surface area contributed by atoms with Crippen molar-refractivity contribution in [3.8, 4) is 11.3 Å². The van der Waals surface area contributed by atoms with Gasteiger partial charge in [0.05, 0.1) is 17.8 Å². The molecule has 4 heteroatoms. The maximum Gasteiger partial charge on any atom is 0.255 e. The van der Waals surface area contributed by atoms with Crippen molar-refractivity contribution in [2.24, 2.45) is 0 Å². The average Bonchev–Trinajstić information content (AvgIpc) is 3.32. The topological polar surface area (TPSA) is 45.3 Å². The third kappa shape index (κ3) is 3.96. The predicted octanol–water partition coefficient (Wildman–Crippen LogP) is 6.50. The van der Waals surface area contributed by atoms with Crippen LogP contribution in [-0.2, 0) is 4.74 Å². The first-order valence-electron chi connectivity index (χ1n) is 11.7. The first-order chi connectivity index (χ1) is 16.0. The highest BCUT2D eigenvalue weighted by Gasteiger charge is 2.39. The minimum atomic E-state index is -0.139. The second-order valence-corrected chi connectivity index (χ2v) is 9.09. The number of nitrogens with one attached hydrogen (secondary N) is 1. The second-order valence-electron chi connectivity index (χ2n) is 9.09. The molecule has 0 aliphatic carbocycles. The predicted molar refractivity (Wildman–Crippen MR) is 133 cm³/mol. The zero-order valence-electron chi connectivity index (χ0n) is 19.5. The van der Waals surface area contributed by atoms with Crippen molar-refractivity contribution in [1.82, 2.24) is 9.88 Å². The lowest BCUT2D eigenvalue weighted by atomic mass is 9.93. The van der Waals surface area contributed by atoms with Crippen LogP contribution < -0.4 is 0 Å². The third-order valence-corrected chi connectivity index (χ3v) is 6.41. The van der Waals surface area contributed by atoms with Gasteiger partial charge in [-0.05, 0) is 50.5 Å². The maximum atomic E-state index is 13.5. The lowest BCUT2D eigenvalue weighted by Crippen LogP contribution is -2.30. The van der Waals surface area contributed by atoms with Gasteiger partial charge in [0, 0.05) is 35.2 Å². The van der Waals surface area contributed by atoms with Gasteiger partial charge in [0.2, 0.25) is 0 Å². The smallest absolute Gasteiger partial charge is 0.255 e. The number of aromatic nitrogens is 1. The van der Waals surface area contributed by atoms with Crippen LogP contribution in [0.15, 0.2) is 72.8 Å². The summed E-state index contributed by atoms with van der Waals surface area (Å²) in [6.45, 7) is 7.47. The molecular formula is C29H30N2O2. The van der Waals surface area contributed by atoms with Crippen molar-refractivity contribution in [1.29, 1.82) is 0 Å². The van der Waals surface area contributed by atoms with Gasteiger partial charge in [0.15, 0.2) is 0 Å². The minimum absolute atomic E-state index is 0.0975. The quantitative estimate of drug-likeness (QED) is 0.335. The van der Waals surface area contributed by atoms with Crippen LogP contribution in [0.25, 0.3) is 22.2 Å². The Labute approximate surface area is 195 Å². The number of hydrogen-bond acceptors (Lipinski definition) is 2. The van der Waals surface area contributed by atoms with E-state index in [4.69, 9.17) is 4.74 Å². The Kier molecular flexibility index (Phi) is 5.77. The number of fused-ring (bicyclic) bond motifs is 2. The fourth-order valence-electron chi connectivity index (χ4n) is 4.86. The molecule has 1 amide bonds. The minimum Gasteiger partial charge on any atom is -0.379 e. The first-order valence-corrected chi connectivity index (χ1v) is 11.7. The summed E-state index contributed by atoms with van der Waals surface area (Å²) in [5.41, 5.74) is 7.56. The Morgan fingerprint density at radius 1 is 0.970 bits per heavy atom. The number of para-hydroxylation sites is 1. The number of ether oxygens (including phenoxy) is 1. The molecule has 4 aromatic rings. The number of aryl methyl sites for hydroxylation is 1. The number of carbonyl (C=O) groups excluding carboxylic acids is 1. The van der Waals surface area contributed by atoms with Crippen LogP contribution in [0, 0.1) is 6.92 Å². The van der Waals surface area contributed by atoms with Crippen LogP contribution in [0.2, 0.25) is 0 Å². The van der Waals surface area contributed by atoms with E-state index in [0.717, 1.165) is 45.3 Å². The molecule has 1 atom stereocenters. The molecule has 1 aliphatic rings. The van der Waals surface area contributed by atoms with Crippen molar-refractivity contribution >= 4 is 16.8 Å². The fourth-order valence-corrected chi connectivity index (χ4v) is 4.86. The van der Waals surface area contributed by atoms with Crippen LogP contribution in [0.4, 0.5) is 0 Å². The number of H-pyrrole nitrogens is 1. The van der Waals surface area contributed by atoms with E-state index in [0.29, 0.717) is 13.2 Å². The van der Waals surface area contributed by atoms with Crippen molar-refractivity contribution in [2.45, 2.75) is 39.3 Å². The number of benzene rings is 3. The Hall–Kier alpha value is -3.37. The summed E-state index contributed by atoms with van der Waals surface area (Å²) in [4.78, 5) is 19.2. The van der Waals surface area contributed by atoms with E-state index in [1.54, 1.807) is 0 Å². The van der Waals surface area contributed by atoms with E-state index in [1.807, 2.05) is 36.9 Å². The molecule has 33 heavy (non-hydrogen) atoms. The molecule has 3 aromatic carbocycles. The van der Waals surface area contributed by atoms with Crippen LogP contribution in [0.5, 0.6) is 0 Å². The molecule has 168 valence electrons. The van der Waals surface area contributed by atoms with Gasteiger partial charge in [-0.3, -0.25) is 4.79 Å². The third-order valence-electron chi connectivity index (χ3n) is 6.41. The van der Waals surface area contributed by atoms with Gasteiger partial charge in [0.25, 0.3) is 5.91 Å². The van der Waals surface area contributed by atoms with Crippen molar-refractivity contribution < 1.29 is 9.53 Å². The standard InChI is InChI=1S/C29H30N2O2/c1-19(2)33-18-8-17-31-28(22-9-4-5-10-23(22)29(31)32)26-24-11-6-7-12-25(24)30-27(26)21-15-13-20(3)14-16-21/h4-7,9-16,19,28,30H,8,17-18H2,1-3H3/t28-/m0/s1. The van der Waals surface area contributed by atoms with E-state index in [9.17, 15) is 4.79 Å². The Morgan fingerprint density at radius 2 is 1.70 bits per heavy atom. The summed E-state index contributed by atoms with van der Waals surface area (Å²) in [5, 5.41) is 1.16. The van der Waals surface area contributed by atoms with Crippen LogP contribution in [-0.4, -0.2) is 35.0 Å². The highest BCUT2D eigenvalue weighted by Crippen LogP contribution is 2.45. The second kappa shape index (κ2) is 8.87. The lowest BCUT2D eigenvalue weighted by Gasteiger charge is -2.27. The van der Waals surface area contributed by atoms with Gasteiger partial charge in [-0.2, -0.15) is 0 Å². The molecule has 4 nitrogen and oxygen atoms in total. The lowest BCUT2D eigenvalue weighted by molar-refractivity contribution is 0.0605. The Morgan fingerprint density at radius 3 is 2.48 bits per heavy atom. The molecule has 0 spiro atoms. The van der Waals surface area contributed by atoms with Gasteiger partial charge in [-0.25, -0.2) is 0 Å². The largest absolute Gasteiger partial charge is 0.379 e. The molecule has 0 saturated heterocycles. The van der Waals surface area contributed by atoms with Gasteiger partial charge < -0.3 is 14.6 Å². The summed E-state index contributed by atoms with van der Waals surface area (Å²) < 4.78 is 5.77. The van der Waals surface area contributed by atoms with Gasteiger partial charge >= 0.3 is 0 Å². The highest BCUT2D eigenvalue weighted by molar-refractivity contribution is 6.02. The molecular weight excluding hydrogens is 408 g/mol. The molecule has 2 heterocycles. The zero-order valence-corrected chi connectivity index (χ0v) is 19.5. The monoisotopic (exact) mass is 438 g/mol. The van der Waals surface area contributed by atoms with Crippen molar-refractivity contribution in [3.63, 3.8) is 0 Å². The summed E-state index contributed by atoms with van der Waals surface area (Å²) in [6.07, 6.45) is 0.991. The SMILES string of the molecule is Cc1ccc(-c2[nH]c3ccccc3c2[C@@H]2c3ccccc3C(=O)N2CCCOC(C)C)cc1. The average molecular weight is 439 g/mol. The molecule has 0 unspecified atom stereocenters. The normalized spacial score (nSPS) is 15.6. The molecule has 0 fully saturated rings. The van der Waals surface area contributed by atoms with E-state index < -0.39 is 0 Å². The van der Waals surface area contributed by atoms with Gasteiger partial charge in [0.1, 0.15) is 0 Å². The van der Waals surface area contributed by atoms with Crippen LogP contribution in [0.1, 0.15) is 53.4 Å². The molecule has 0 bridgehead atoms. The summed E-state index contributed by atoms with van der Waals surface area (Å²) in [7, 11) is 0. The van der Waals surface area contributed by atoms with Crippen LogP contribution in [0.3, 0.4) is 0 Å². The molecule has 1 aromatic heterocycles. The van der Waals surface area contributed by atoms with Crippen molar-refractivity contribution in [3.05, 3.63) is 95.1 Å². The molecule has 5 rings (SSSR count). The van der Waals surface area contributed by atoms with Crippen LogP contribution >= 0.6 is 0 Å². The van der Waals surface area contributed by atoms with Gasteiger partial charge in [-0.15, -0.1) is 0 Å². The fraction of sp³-hybridized carbons (Fsp3) is 0.276. The van der Waals surface area contributed by atoms with E-state index in [1.165, 1.54) is 5.56 Å². The van der Waals surface area contributed by atoms with Gasteiger partial charge in [-0.1, -0.05) is 66.2 Å². The molecule has 0 radical (unpaired) electrons. The summed E-state index contributed by atoms with van der Waals surface area (Å²) in [6, 6.07) is 24.9. The van der Waals surface area contributed by atoms with E-state index in [2.05, 4.69) is 66.5 Å². The molecule has 1 N–H and O–H groups in total. The Bertz CT molecular complexity index is 1290. The van der Waals surface area contributed by atoms with Crippen molar-refractivity contribution in [2.75, 3.05) is 13.2 Å². The molecule has 0 saturated carbocycles. The number of nitrogens with zero attached hydrogens (tertiary/aromatic N) is 1. The number of aromatic amines is 1. The Balaban J connectivity index is 1.65.